The van der Waals surface area contributed by atoms with Crippen LogP contribution in [0.5, 0.6) is 0 Å². The van der Waals surface area contributed by atoms with E-state index >= 15 is 0 Å². The van der Waals surface area contributed by atoms with Gasteiger partial charge in [0.05, 0.1) is 5.92 Å². The zero-order valence-corrected chi connectivity index (χ0v) is 16.1. The van der Waals surface area contributed by atoms with Crippen LogP contribution in [0.1, 0.15) is 18.4 Å². The summed E-state index contributed by atoms with van der Waals surface area (Å²) >= 11 is 7.88. The predicted molar refractivity (Wildman–Crippen MR) is 109 cm³/mol. The molecule has 0 radical (unpaired) electrons. The third-order valence-corrected chi connectivity index (χ3v) is 6.27. The van der Waals surface area contributed by atoms with Crippen molar-refractivity contribution in [3.8, 4) is 0 Å². The van der Waals surface area contributed by atoms with Crippen LogP contribution in [0.25, 0.3) is 10.1 Å². The van der Waals surface area contributed by atoms with Gasteiger partial charge in [-0.1, -0.05) is 17.7 Å². The van der Waals surface area contributed by atoms with E-state index < -0.39 is 0 Å². The summed E-state index contributed by atoms with van der Waals surface area (Å²) in [5.74, 6) is 0.982. The van der Waals surface area contributed by atoms with Crippen LogP contribution in [0.4, 0.5) is 11.5 Å². The molecule has 1 aliphatic rings. The smallest absolute Gasteiger partial charge is 0.229 e. The fourth-order valence-electron chi connectivity index (χ4n) is 3.49. The largest absolute Gasteiger partial charge is 0.355 e. The molecule has 2 aromatic heterocycles. The number of nitrogens with zero attached hydrogens (tertiary/aromatic N) is 2. The molecule has 0 aliphatic carbocycles. The van der Waals surface area contributed by atoms with E-state index in [-0.39, 0.29) is 11.8 Å². The molecule has 4 nitrogen and oxygen atoms in total. The fourth-order valence-corrected chi connectivity index (χ4v) is 4.44. The van der Waals surface area contributed by atoms with Crippen LogP contribution < -0.4 is 10.2 Å². The SMILES string of the molecule is Cc1c(Cl)cccc1NC(=O)C1CCCN(c2nccc3sccc23)C1. The molecule has 1 N–H and O–H groups in total. The van der Waals surface area contributed by atoms with Crippen LogP contribution in [0, 0.1) is 12.8 Å². The van der Waals surface area contributed by atoms with Crippen LogP contribution in [-0.2, 0) is 4.79 Å². The minimum Gasteiger partial charge on any atom is -0.355 e. The van der Waals surface area contributed by atoms with Gasteiger partial charge in [-0.2, -0.15) is 0 Å². The summed E-state index contributed by atoms with van der Waals surface area (Å²) in [4.78, 5) is 19.7. The van der Waals surface area contributed by atoms with Gasteiger partial charge in [0.15, 0.2) is 0 Å². The van der Waals surface area contributed by atoms with E-state index in [0.717, 1.165) is 36.5 Å². The Morgan fingerprint density at radius 2 is 2.23 bits per heavy atom. The van der Waals surface area contributed by atoms with Gasteiger partial charge in [0.25, 0.3) is 0 Å². The summed E-state index contributed by atoms with van der Waals surface area (Å²) in [7, 11) is 0. The lowest BCUT2D eigenvalue weighted by Gasteiger charge is -2.33. The first kappa shape index (κ1) is 17.3. The van der Waals surface area contributed by atoms with E-state index in [9.17, 15) is 4.79 Å². The summed E-state index contributed by atoms with van der Waals surface area (Å²) in [6, 6.07) is 9.75. The second-order valence-electron chi connectivity index (χ2n) is 6.65. The van der Waals surface area contributed by atoms with Crippen molar-refractivity contribution in [2.45, 2.75) is 19.8 Å². The number of aromatic nitrogens is 1. The summed E-state index contributed by atoms with van der Waals surface area (Å²) in [5, 5.41) is 6.98. The van der Waals surface area contributed by atoms with Gasteiger partial charge in [-0.3, -0.25) is 4.79 Å². The lowest BCUT2D eigenvalue weighted by atomic mass is 9.96. The topological polar surface area (TPSA) is 45.2 Å². The number of amides is 1. The second kappa shape index (κ2) is 7.25. The third-order valence-electron chi connectivity index (χ3n) is 4.98. The number of nitrogens with one attached hydrogen (secondary N) is 1. The summed E-state index contributed by atoms with van der Waals surface area (Å²) in [5.41, 5.74) is 1.69. The average Bonchev–Trinajstić information content (AvgIpc) is 3.14. The average molecular weight is 386 g/mol. The number of benzene rings is 1. The van der Waals surface area contributed by atoms with Crippen molar-refractivity contribution in [3.05, 3.63) is 52.5 Å². The number of halogens is 1. The van der Waals surface area contributed by atoms with Crippen molar-refractivity contribution in [3.63, 3.8) is 0 Å². The highest BCUT2D eigenvalue weighted by molar-refractivity contribution is 7.17. The zero-order chi connectivity index (χ0) is 18.1. The molecule has 0 saturated carbocycles. The van der Waals surface area contributed by atoms with Crippen LogP contribution in [0.2, 0.25) is 5.02 Å². The molecular weight excluding hydrogens is 366 g/mol. The first-order valence-electron chi connectivity index (χ1n) is 8.76. The van der Waals surface area contributed by atoms with Gasteiger partial charge in [0.1, 0.15) is 5.82 Å². The molecule has 3 aromatic rings. The number of thiophene rings is 1. The minimum absolute atomic E-state index is 0.0533. The van der Waals surface area contributed by atoms with E-state index in [4.69, 9.17) is 11.6 Å². The van der Waals surface area contributed by atoms with Crippen molar-refractivity contribution in [1.29, 1.82) is 0 Å². The molecule has 1 unspecified atom stereocenters. The number of hydrogen-bond acceptors (Lipinski definition) is 4. The van der Waals surface area contributed by atoms with Crippen LogP contribution in [0.15, 0.2) is 41.9 Å². The highest BCUT2D eigenvalue weighted by Gasteiger charge is 2.27. The monoisotopic (exact) mass is 385 g/mol. The molecule has 1 amide bonds. The lowest BCUT2D eigenvalue weighted by Crippen LogP contribution is -2.41. The highest BCUT2D eigenvalue weighted by atomic mass is 35.5. The van der Waals surface area contributed by atoms with Crippen LogP contribution in [0.3, 0.4) is 0 Å². The molecule has 134 valence electrons. The molecule has 0 bridgehead atoms. The molecule has 0 spiro atoms. The zero-order valence-electron chi connectivity index (χ0n) is 14.5. The van der Waals surface area contributed by atoms with Crippen molar-refractivity contribution in [2.75, 3.05) is 23.3 Å². The first-order valence-corrected chi connectivity index (χ1v) is 10.0. The molecule has 26 heavy (non-hydrogen) atoms. The Bertz CT molecular complexity index is 955. The Morgan fingerprint density at radius 1 is 1.35 bits per heavy atom. The maximum atomic E-state index is 12.8. The van der Waals surface area contributed by atoms with Gasteiger partial charge in [-0.05, 0) is 55.0 Å². The number of carbonyl (C=O) groups is 1. The van der Waals surface area contributed by atoms with E-state index in [1.165, 1.54) is 10.1 Å². The van der Waals surface area contributed by atoms with E-state index in [0.29, 0.717) is 11.6 Å². The normalized spacial score (nSPS) is 17.5. The lowest BCUT2D eigenvalue weighted by molar-refractivity contribution is -0.120. The summed E-state index contributed by atoms with van der Waals surface area (Å²) in [6.45, 7) is 3.54. The van der Waals surface area contributed by atoms with E-state index in [2.05, 4.69) is 26.6 Å². The first-order chi connectivity index (χ1) is 12.6. The molecule has 6 heteroatoms. The van der Waals surface area contributed by atoms with Crippen molar-refractivity contribution in [2.24, 2.45) is 5.92 Å². The Balaban J connectivity index is 1.52. The minimum atomic E-state index is -0.0576. The number of pyridine rings is 1. The van der Waals surface area contributed by atoms with Gasteiger partial charge >= 0.3 is 0 Å². The molecule has 1 aromatic carbocycles. The molecular formula is C20H20ClN3OS. The Labute approximate surface area is 161 Å². The van der Waals surface area contributed by atoms with Gasteiger partial charge in [-0.25, -0.2) is 4.98 Å². The highest BCUT2D eigenvalue weighted by Crippen LogP contribution is 2.31. The maximum Gasteiger partial charge on any atom is 0.229 e. The fraction of sp³-hybridized carbons (Fsp3) is 0.300. The Morgan fingerprint density at radius 3 is 3.12 bits per heavy atom. The molecule has 3 heterocycles. The Hall–Kier alpha value is -2.11. The number of rotatable bonds is 3. The number of anilines is 2. The quantitative estimate of drug-likeness (QED) is 0.681. The number of hydrogen-bond donors (Lipinski definition) is 1. The van der Waals surface area contributed by atoms with E-state index in [1.807, 2.05) is 37.4 Å². The maximum absolute atomic E-state index is 12.8. The molecule has 4 rings (SSSR count). The molecule has 1 saturated heterocycles. The van der Waals surface area contributed by atoms with Crippen LogP contribution in [-0.4, -0.2) is 24.0 Å². The number of piperidine rings is 1. The van der Waals surface area contributed by atoms with Gasteiger partial charge in [0.2, 0.25) is 5.91 Å². The standard InChI is InChI=1S/C20H20ClN3OS/c1-13-16(21)5-2-6-17(13)23-20(25)14-4-3-10-24(12-14)19-15-8-11-26-18(15)7-9-22-19/h2,5-9,11,14H,3-4,10,12H2,1H3,(H,23,25). The molecule has 1 aliphatic heterocycles. The van der Waals surface area contributed by atoms with Gasteiger partial charge in [-0.15, -0.1) is 11.3 Å². The van der Waals surface area contributed by atoms with Crippen LogP contribution >= 0.6 is 22.9 Å². The predicted octanol–water partition coefficient (Wildman–Crippen LogP) is 5.11. The molecule has 1 atom stereocenters. The Kier molecular flexibility index (Phi) is 4.83. The van der Waals surface area contributed by atoms with Crippen molar-refractivity contribution in [1.82, 2.24) is 4.98 Å². The number of carbonyl (C=O) groups excluding carboxylic acids is 1. The summed E-state index contributed by atoms with van der Waals surface area (Å²) in [6.07, 6.45) is 3.73. The van der Waals surface area contributed by atoms with Gasteiger partial charge in [0, 0.05) is 40.1 Å². The van der Waals surface area contributed by atoms with E-state index in [1.54, 1.807) is 11.3 Å². The summed E-state index contributed by atoms with van der Waals surface area (Å²) < 4.78 is 1.23. The molecule has 1 fully saturated rings. The third kappa shape index (κ3) is 3.29. The van der Waals surface area contributed by atoms with Crippen molar-refractivity contribution < 1.29 is 4.79 Å². The second-order valence-corrected chi connectivity index (χ2v) is 8.01. The number of fused-ring (bicyclic) bond motifs is 1. The van der Waals surface area contributed by atoms with Crippen molar-refractivity contribution >= 4 is 50.4 Å². The van der Waals surface area contributed by atoms with Gasteiger partial charge < -0.3 is 10.2 Å².